The fourth-order valence-electron chi connectivity index (χ4n) is 2.54. The van der Waals surface area contributed by atoms with Gasteiger partial charge in [-0.05, 0) is 19.9 Å². The monoisotopic (exact) mass is 264 g/mol. The minimum Gasteiger partial charge on any atom is -0.481 e. The first-order chi connectivity index (χ1) is 9.00. The van der Waals surface area contributed by atoms with E-state index in [1.807, 2.05) is 11.8 Å². The molecule has 1 aromatic rings. The molecule has 1 aliphatic heterocycles. The molecule has 0 saturated carbocycles. The number of para-hydroxylation sites is 1. The average Bonchev–Trinajstić information content (AvgIpc) is 2.87. The number of nitro groups is 1. The Morgan fingerprint density at radius 2 is 2.21 bits per heavy atom. The van der Waals surface area contributed by atoms with Crippen LogP contribution in [0.15, 0.2) is 24.3 Å². The first-order valence-corrected chi connectivity index (χ1v) is 6.21. The number of carboxylic acid groups (broad SMARTS) is 1. The molecule has 0 amide bonds. The van der Waals surface area contributed by atoms with Crippen LogP contribution >= 0.6 is 0 Å². The zero-order valence-corrected chi connectivity index (χ0v) is 10.7. The molecule has 2 rings (SSSR count). The Labute approximate surface area is 110 Å². The lowest BCUT2D eigenvalue weighted by molar-refractivity contribution is -0.385. The Balaban J connectivity index is 2.19. The highest BCUT2D eigenvalue weighted by Gasteiger charge is 2.32. The van der Waals surface area contributed by atoms with Gasteiger partial charge in [0, 0.05) is 24.2 Å². The third kappa shape index (κ3) is 2.73. The Hall–Kier alpha value is -1.95. The summed E-state index contributed by atoms with van der Waals surface area (Å²) < 4.78 is 0. The second kappa shape index (κ2) is 5.36. The van der Waals surface area contributed by atoms with Crippen LogP contribution in [0.1, 0.15) is 24.9 Å². The van der Waals surface area contributed by atoms with Gasteiger partial charge >= 0.3 is 5.97 Å². The molecule has 0 bridgehead atoms. The molecule has 1 heterocycles. The van der Waals surface area contributed by atoms with E-state index in [2.05, 4.69) is 0 Å². The lowest BCUT2D eigenvalue weighted by Gasteiger charge is -2.24. The summed E-state index contributed by atoms with van der Waals surface area (Å²) in [6.45, 7) is 2.99. The molecule has 1 aliphatic rings. The number of hydrogen-bond acceptors (Lipinski definition) is 4. The number of aliphatic carboxylic acids is 1. The molecular weight excluding hydrogens is 248 g/mol. The van der Waals surface area contributed by atoms with Crippen LogP contribution in [0.4, 0.5) is 5.69 Å². The first kappa shape index (κ1) is 13.5. The highest BCUT2D eigenvalue weighted by atomic mass is 16.6. The van der Waals surface area contributed by atoms with Gasteiger partial charge in [-0.15, -0.1) is 0 Å². The Morgan fingerprint density at radius 3 is 2.79 bits per heavy atom. The van der Waals surface area contributed by atoms with Crippen LogP contribution in [0.2, 0.25) is 0 Å². The molecule has 0 aromatic heterocycles. The van der Waals surface area contributed by atoms with Gasteiger partial charge in [0.2, 0.25) is 0 Å². The average molecular weight is 264 g/mol. The normalized spacial score (nSPS) is 21.2. The van der Waals surface area contributed by atoms with Gasteiger partial charge in [-0.25, -0.2) is 0 Å². The van der Waals surface area contributed by atoms with Gasteiger partial charge in [0.15, 0.2) is 0 Å². The first-order valence-electron chi connectivity index (χ1n) is 6.21. The van der Waals surface area contributed by atoms with Gasteiger partial charge in [-0.2, -0.15) is 0 Å². The molecular formula is C13H16N2O4. The standard InChI is InChI=1S/C13H16N2O4/c1-9(14-7-6-10(8-14)13(16)17)11-4-2-3-5-12(11)15(18)19/h2-5,9-10H,6-8H2,1H3,(H,16,17). The molecule has 1 aromatic carbocycles. The van der Waals surface area contributed by atoms with Crippen molar-refractivity contribution in [2.45, 2.75) is 19.4 Å². The van der Waals surface area contributed by atoms with Gasteiger partial charge in [-0.1, -0.05) is 18.2 Å². The number of hydrogen-bond donors (Lipinski definition) is 1. The third-order valence-corrected chi connectivity index (χ3v) is 3.70. The summed E-state index contributed by atoms with van der Waals surface area (Å²) in [6, 6.07) is 6.47. The molecule has 2 atom stereocenters. The molecule has 0 radical (unpaired) electrons. The molecule has 2 unspecified atom stereocenters. The molecule has 1 fully saturated rings. The zero-order valence-electron chi connectivity index (χ0n) is 10.7. The van der Waals surface area contributed by atoms with Crippen LogP contribution < -0.4 is 0 Å². The van der Waals surface area contributed by atoms with Gasteiger partial charge < -0.3 is 5.11 Å². The van der Waals surface area contributed by atoms with E-state index in [1.54, 1.807) is 18.2 Å². The maximum absolute atomic E-state index is 11.0. The summed E-state index contributed by atoms with van der Waals surface area (Å²) in [5.74, 6) is -1.16. The molecule has 1 saturated heterocycles. The lowest BCUT2D eigenvalue weighted by Crippen LogP contribution is -2.26. The SMILES string of the molecule is CC(c1ccccc1[N+](=O)[O-])N1CCC(C(=O)O)C1. The predicted molar refractivity (Wildman–Crippen MR) is 68.8 cm³/mol. The van der Waals surface area contributed by atoms with Gasteiger partial charge in [0.1, 0.15) is 0 Å². The molecule has 0 aliphatic carbocycles. The van der Waals surface area contributed by atoms with Crippen molar-refractivity contribution in [1.82, 2.24) is 4.90 Å². The highest BCUT2D eigenvalue weighted by Crippen LogP contribution is 2.32. The summed E-state index contributed by atoms with van der Waals surface area (Å²) in [6.07, 6.45) is 0.598. The van der Waals surface area contributed by atoms with Crippen molar-refractivity contribution in [3.05, 3.63) is 39.9 Å². The summed E-state index contributed by atoms with van der Waals surface area (Å²) in [7, 11) is 0. The number of nitro benzene ring substituents is 1. The van der Waals surface area contributed by atoms with Crippen molar-refractivity contribution in [3.8, 4) is 0 Å². The molecule has 102 valence electrons. The molecule has 6 heteroatoms. The van der Waals surface area contributed by atoms with Gasteiger partial charge in [-0.3, -0.25) is 19.8 Å². The number of rotatable bonds is 4. The van der Waals surface area contributed by atoms with E-state index in [0.29, 0.717) is 25.1 Å². The maximum Gasteiger partial charge on any atom is 0.307 e. The fraction of sp³-hybridized carbons (Fsp3) is 0.462. The Kier molecular flexibility index (Phi) is 3.80. The maximum atomic E-state index is 11.0. The van der Waals surface area contributed by atoms with Gasteiger partial charge in [0.05, 0.1) is 10.8 Å². The van der Waals surface area contributed by atoms with E-state index in [1.165, 1.54) is 6.07 Å². The van der Waals surface area contributed by atoms with E-state index in [0.717, 1.165) is 0 Å². The predicted octanol–water partition coefficient (Wildman–Crippen LogP) is 2.06. The van der Waals surface area contributed by atoms with Crippen LogP contribution in [0.25, 0.3) is 0 Å². The number of carboxylic acids is 1. The Morgan fingerprint density at radius 1 is 1.53 bits per heavy atom. The topological polar surface area (TPSA) is 83.7 Å². The molecule has 19 heavy (non-hydrogen) atoms. The minimum atomic E-state index is -0.794. The van der Waals surface area contributed by atoms with Crippen molar-refractivity contribution in [1.29, 1.82) is 0 Å². The molecule has 0 spiro atoms. The van der Waals surface area contributed by atoms with E-state index in [9.17, 15) is 14.9 Å². The highest BCUT2D eigenvalue weighted by molar-refractivity contribution is 5.70. The van der Waals surface area contributed by atoms with E-state index >= 15 is 0 Å². The second-order valence-electron chi connectivity index (χ2n) is 4.81. The molecule has 6 nitrogen and oxygen atoms in total. The van der Waals surface area contributed by atoms with E-state index in [4.69, 9.17) is 5.11 Å². The number of nitrogens with zero attached hydrogens (tertiary/aromatic N) is 2. The van der Waals surface area contributed by atoms with Crippen LogP contribution in [0.5, 0.6) is 0 Å². The van der Waals surface area contributed by atoms with Crippen LogP contribution in [-0.2, 0) is 4.79 Å². The summed E-state index contributed by atoms with van der Waals surface area (Å²) in [4.78, 5) is 23.5. The minimum absolute atomic E-state index is 0.0915. The van der Waals surface area contributed by atoms with Crippen LogP contribution in [0.3, 0.4) is 0 Å². The fourth-order valence-corrected chi connectivity index (χ4v) is 2.54. The number of benzene rings is 1. The van der Waals surface area contributed by atoms with Crippen LogP contribution in [0, 0.1) is 16.0 Å². The van der Waals surface area contributed by atoms with E-state index in [-0.39, 0.29) is 17.6 Å². The quantitative estimate of drug-likeness (QED) is 0.664. The van der Waals surface area contributed by atoms with Crippen molar-refractivity contribution >= 4 is 11.7 Å². The van der Waals surface area contributed by atoms with Gasteiger partial charge in [0.25, 0.3) is 5.69 Å². The van der Waals surface area contributed by atoms with Crippen molar-refractivity contribution in [2.75, 3.05) is 13.1 Å². The van der Waals surface area contributed by atoms with Crippen molar-refractivity contribution < 1.29 is 14.8 Å². The van der Waals surface area contributed by atoms with Crippen molar-refractivity contribution in [2.24, 2.45) is 5.92 Å². The number of likely N-dealkylation sites (tertiary alicyclic amines) is 1. The number of carbonyl (C=O) groups is 1. The summed E-state index contributed by atoms with van der Waals surface area (Å²) >= 11 is 0. The second-order valence-corrected chi connectivity index (χ2v) is 4.81. The lowest BCUT2D eigenvalue weighted by atomic mass is 10.0. The Bertz CT molecular complexity index is 503. The van der Waals surface area contributed by atoms with E-state index < -0.39 is 10.9 Å². The molecule has 1 N–H and O–H groups in total. The summed E-state index contributed by atoms with van der Waals surface area (Å²) in [5.41, 5.74) is 0.729. The third-order valence-electron chi connectivity index (χ3n) is 3.70. The zero-order chi connectivity index (χ0) is 14.0. The van der Waals surface area contributed by atoms with Crippen LogP contribution in [-0.4, -0.2) is 34.0 Å². The van der Waals surface area contributed by atoms with Crippen molar-refractivity contribution in [3.63, 3.8) is 0 Å². The summed E-state index contributed by atoms with van der Waals surface area (Å²) in [5, 5.41) is 20.0. The largest absolute Gasteiger partial charge is 0.481 e. The smallest absolute Gasteiger partial charge is 0.307 e.